The highest BCUT2D eigenvalue weighted by molar-refractivity contribution is 9.10. The van der Waals surface area contributed by atoms with Crippen LogP contribution in [-0.2, 0) is 4.79 Å². The molecule has 1 unspecified atom stereocenters. The van der Waals surface area contributed by atoms with E-state index >= 15 is 0 Å². The Balaban J connectivity index is 2.89. The number of aryl methyl sites for hydroxylation is 2. The summed E-state index contributed by atoms with van der Waals surface area (Å²) in [7, 11) is 0. The minimum Gasteiger partial charge on any atom is -0.330 e. The summed E-state index contributed by atoms with van der Waals surface area (Å²) in [5.74, 6) is -0.169. The predicted octanol–water partition coefficient (Wildman–Crippen LogP) is 4.02. The highest BCUT2D eigenvalue weighted by Crippen LogP contribution is 2.30. The topological polar surface area (TPSA) is 55.1 Å². The van der Waals surface area contributed by atoms with Crippen LogP contribution < -0.4 is 11.1 Å². The van der Waals surface area contributed by atoms with Gasteiger partial charge >= 0.3 is 0 Å². The molecule has 0 aliphatic heterocycles. The van der Waals surface area contributed by atoms with Gasteiger partial charge in [0.25, 0.3) is 0 Å². The third-order valence-electron chi connectivity index (χ3n) is 3.19. The normalized spacial score (nSPS) is 13.2. The SMILES string of the molecule is Cc1cc(C)c(NC(=O)C(CN)CC(C)(C)C)c(Br)c1. The summed E-state index contributed by atoms with van der Waals surface area (Å²) in [6.45, 7) is 10.8. The van der Waals surface area contributed by atoms with Gasteiger partial charge in [-0.3, -0.25) is 4.79 Å². The summed E-state index contributed by atoms with van der Waals surface area (Å²) >= 11 is 3.51. The van der Waals surface area contributed by atoms with Gasteiger partial charge in [0.05, 0.1) is 11.6 Å². The Hall–Kier alpha value is -0.870. The zero-order valence-electron chi connectivity index (χ0n) is 13.0. The average molecular weight is 341 g/mol. The van der Waals surface area contributed by atoms with Crippen LogP contribution in [0.4, 0.5) is 5.69 Å². The molecule has 0 radical (unpaired) electrons. The second-order valence-corrected chi connectivity index (χ2v) is 7.48. The standard InChI is InChI=1S/C16H25BrN2O/c1-10-6-11(2)14(13(17)7-10)19-15(20)12(9-18)8-16(3,4)5/h6-7,12H,8-9,18H2,1-5H3,(H,19,20). The smallest absolute Gasteiger partial charge is 0.228 e. The van der Waals surface area contributed by atoms with Crippen LogP contribution in [0.1, 0.15) is 38.3 Å². The lowest BCUT2D eigenvalue weighted by atomic mass is 9.84. The highest BCUT2D eigenvalue weighted by Gasteiger charge is 2.24. The van der Waals surface area contributed by atoms with E-state index in [0.717, 1.165) is 27.7 Å². The van der Waals surface area contributed by atoms with Crippen LogP contribution in [0.2, 0.25) is 0 Å². The fraction of sp³-hybridized carbons (Fsp3) is 0.562. The maximum atomic E-state index is 12.4. The van der Waals surface area contributed by atoms with Gasteiger partial charge in [-0.15, -0.1) is 0 Å². The minimum absolute atomic E-state index is 0.00456. The fourth-order valence-corrected chi connectivity index (χ4v) is 3.09. The maximum Gasteiger partial charge on any atom is 0.228 e. The van der Waals surface area contributed by atoms with Gasteiger partial charge < -0.3 is 11.1 Å². The first kappa shape index (κ1) is 17.2. The first-order chi connectivity index (χ1) is 9.14. The fourth-order valence-electron chi connectivity index (χ4n) is 2.32. The maximum absolute atomic E-state index is 12.4. The second kappa shape index (κ2) is 6.72. The Kier molecular flexibility index (Phi) is 5.78. The van der Waals surface area contributed by atoms with E-state index in [1.807, 2.05) is 19.9 Å². The molecule has 1 aromatic carbocycles. The van der Waals surface area contributed by atoms with Crippen LogP contribution in [0, 0.1) is 25.2 Å². The van der Waals surface area contributed by atoms with Gasteiger partial charge in [-0.25, -0.2) is 0 Å². The molecule has 1 atom stereocenters. The number of carbonyl (C=O) groups is 1. The second-order valence-electron chi connectivity index (χ2n) is 6.63. The van der Waals surface area contributed by atoms with Crippen LogP contribution >= 0.6 is 15.9 Å². The predicted molar refractivity (Wildman–Crippen MR) is 88.9 cm³/mol. The van der Waals surface area contributed by atoms with E-state index in [4.69, 9.17) is 5.73 Å². The minimum atomic E-state index is -0.164. The third kappa shape index (κ3) is 4.91. The van der Waals surface area contributed by atoms with Crippen molar-refractivity contribution in [2.24, 2.45) is 17.1 Å². The Bertz CT molecular complexity index is 469. The number of amides is 1. The molecule has 1 rings (SSSR count). The Morgan fingerprint density at radius 1 is 1.35 bits per heavy atom. The van der Waals surface area contributed by atoms with Gasteiger partial charge in [-0.05, 0) is 58.8 Å². The zero-order chi connectivity index (χ0) is 15.5. The number of nitrogens with one attached hydrogen (secondary N) is 1. The van der Waals surface area contributed by atoms with Crippen molar-refractivity contribution < 1.29 is 4.79 Å². The molecule has 4 heteroatoms. The molecule has 0 saturated carbocycles. The number of anilines is 1. The molecule has 0 saturated heterocycles. The van der Waals surface area contributed by atoms with Crippen LogP contribution in [0.5, 0.6) is 0 Å². The number of nitrogens with two attached hydrogens (primary N) is 1. The van der Waals surface area contributed by atoms with Gasteiger partial charge in [0.2, 0.25) is 5.91 Å². The van der Waals surface area contributed by atoms with Gasteiger partial charge in [-0.1, -0.05) is 26.8 Å². The Labute approximate surface area is 130 Å². The van der Waals surface area contributed by atoms with Gasteiger partial charge in [-0.2, -0.15) is 0 Å². The summed E-state index contributed by atoms with van der Waals surface area (Å²) in [6, 6.07) is 4.06. The molecule has 0 spiro atoms. The van der Waals surface area contributed by atoms with Crippen molar-refractivity contribution in [3.63, 3.8) is 0 Å². The van der Waals surface area contributed by atoms with E-state index in [0.29, 0.717) is 6.54 Å². The molecule has 112 valence electrons. The number of benzene rings is 1. The number of rotatable bonds is 4. The van der Waals surface area contributed by atoms with Crippen molar-refractivity contribution in [3.05, 3.63) is 27.7 Å². The number of hydrogen-bond donors (Lipinski definition) is 2. The molecule has 0 fully saturated rings. The van der Waals surface area contributed by atoms with Crippen LogP contribution in [0.3, 0.4) is 0 Å². The third-order valence-corrected chi connectivity index (χ3v) is 3.82. The molecule has 1 amide bonds. The van der Waals surface area contributed by atoms with Crippen molar-refractivity contribution in [3.8, 4) is 0 Å². The quantitative estimate of drug-likeness (QED) is 0.869. The van der Waals surface area contributed by atoms with Crippen molar-refractivity contribution in [1.29, 1.82) is 0 Å². The summed E-state index contributed by atoms with van der Waals surface area (Å²) in [5.41, 5.74) is 8.90. The molecule has 1 aromatic rings. The van der Waals surface area contributed by atoms with Crippen LogP contribution in [-0.4, -0.2) is 12.5 Å². The average Bonchev–Trinajstić information content (AvgIpc) is 2.29. The molecular formula is C16H25BrN2O. The summed E-state index contributed by atoms with van der Waals surface area (Å²) in [6.07, 6.45) is 0.776. The van der Waals surface area contributed by atoms with Crippen molar-refractivity contribution in [2.45, 2.75) is 41.0 Å². The van der Waals surface area contributed by atoms with Gasteiger partial charge in [0.15, 0.2) is 0 Å². The molecule has 0 heterocycles. The molecule has 0 aliphatic rings. The Morgan fingerprint density at radius 3 is 2.40 bits per heavy atom. The van der Waals surface area contributed by atoms with Crippen molar-refractivity contribution >= 4 is 27.5 Å². The van der Waals surface area contributed by atoms with E-state index in [1.54, 1.807) is 0 Å². The number of halogens is 1. The van der Waals surface area contributed by atoms with E-state index < -0.39 is 0 Å². The summed E-state index contributed by atoms with van der Waals surface area (Å²) < 4.78 is 0.912. The van der Waals surface area contributed by atoms with Crippen molar-refractivity contribution in [1.82, 2.24) is 0 Å². The monoisotopic (exact) mass is 340 g/mol. The molecule has 3 N–H and O–H groups in total. The molecule has 0 aromatic heterocycles. The lowest BCUT2D eigenvalue weighted by Crippen LogP contribution is -2.32. The van der Waals surface area contributed by atoms with Crippen molar-refractivity contribution in [2.75, 3.05) is 11.9 Å². The van der Waals surface area contributed by atoms with E-state index in [-0.39, 0.29) is 17.2 Å². The molecular weight excluding hydrogens is 316 g/mol. The summed E-state index contributed by atoms with van der Waals surface area (Å²) in [5, 5.41) is 3.01. The van der Waals surface area contributed by atoms with E-state index in [1.165, 1.54) is 0 Å². The lowest BCUT2D eigenvalue weighted by Gasteiger charge is -2.25. The first-order valence-corrected chi connectivity index (χ1v) is 7.71. The molecule has 0 aliphatic carbocycles. The summed E-state index contributed by atoms with van der Waals surface area (Å²) in [4.78, 5) is 12.4. The number of hydrogen-bond acceptors (Lipinski definition) is 2. The molecule has 0 bridgehead atoms. The highest BCUT2D eigenvalue weighted by atomic mass is 79.9. The van der Waals surface area contributed by atoms with Gasteiger partial charge in [0.1, 0.15) is 0 Å². The molecule has 20 heavy (non-hydrogen) atoms. The lowest BCUT2D eigenvalue weighted by molar-refractivity contribution is -0.120. The largest absolute Gasteiger partial charge is 0.330 e. The number of carbonyl (C=O) groups excluding carboxylic acids is 1. The first-order valence-electron chi connectivity index (χ1n) is 6.91. The van der Waals surface area contributed by atoms with Crippen LogP contribution in [0.25, 0.3) is 0 Å². The van der Waals surface area contributed by atoms with Gasteiger partial charge in [0, 0.05) is 11.0 Å². The van der Waals surface area contributed by atoms with E-state index in [9.17, 15) is 4.79 Å². The Morgan fingerprint density at radius 2 is 1.95 bits per heavy atom. The van der Waals surface area contributed by atoms with E-state index in [2.05, 4.69) is 48.1 Å². The zero-order valence-corrected chi connectivity index (χ0v) is 14.6. The van der Waals surface area contributed by atoms with Crippen LogP contribution in [0.15, 0.2) is 16.6 Å². The molecule has 3 nitrogen and oxygen atoms in total.